The quantitative estimate of drug-likeness (QED) is 0.675. The first-order chi connectivity index (χ1) is 13.6. The number of hydrogen-bond donors (Lipinski definition) is 1. The second-order valence-corrected chi connectivity index (χ2v) is 7.21. The van der Waals surface area contributed by atoms with Crippen molar-refractivity contribution in [3.63, 3.8) is 0 Å². The molecule has 5 nitrogen and oxygen atoms in total. The van der Waals surface area contributed by atoms with Gasteiger partial charge < -0.3 is 14.7 Å². The molecular formula is C23H27NO4. The van der Waals surface area contributed by atoms with Crippen molar-refractivity contribution in [3.05, 3.63) is 71.3 Å². The fourth-order valence-corrected chi connectivity index (χ4v) is 3.49. The van der Waals surface area contributed by atoms with Crippen molar-refractivity contribution < 1.29 is 19.4 Å². The summed E-state index contributed by atoms with van der Waals surface area (Å²) in [6.07, 6.45) is 4.09. The number of benzene rings is 2. The van der Waals surface area contributed by atoms with Crippen molar-refractivity contribution in [2.75, 3.05) is 19.7 Å². The van der Waals surface area contributed by atoms with Gasteiger partial charge in [-0.05, 0) is 48.9 Å². The molecule has 0 radical (unpaired) electrons. The molecule has 0 aromatic heterocycles. The number of aryl methyl sites for hydroxylation is 2. The molecule has 3 rings (SSSR count). The molecule has 1 aliphatic heterocycles. The van der Waals surface area contributed by atoms with Gasteiger partial charge in [-0.25, -0.2) is 4.79 Å². The van der Waals surface area contributed by atoms with E-state index >= 15 is 0 Å². The Morgan fingerprint density at radius 3 is 2.43 bits per heavy atom. The van der Waals surface area contributed by atoms with E-state index in [1.54, 1.807) is 24.3 Å². The van der Waals surface area contributed by atoms with Crippen molar-refractivity contribution >= 4 is 11.9 Å². The van der Waals surface area contributed by atoms with E-state index in [1.807, 2.05) is 11.0 Å². The number of nitrogens with zero attached hydrogens (tertiary/aromatic N) is 1. The van der Waals surface area contributed by atoms with Crippen LogP contribution in [0, 0.1) is 0 Å². The van der Waals surface area contributed by atoms with E-state index < -0.39 is 5.97 Å². The van der Waals surface area contributed by atoms with Crippen LogP contribution in [0.1, 0.15) is 40.7 Å². The van der Waals surface area contributed by atoms with Crippen LogP contribution >= 0.6 is 0 Å². The van der Waals surface area contributed by atoms with E-state index in [4.69, 9.17) is 9.84 Å². The summed E-state index contributed by atoms with van der Waals surface area (Å²) in [7, 11) is 0. The molecule has 0 aliphatic carbocycles. The third-order valence-electron chi connectivity index (χ3n) is 5.13. The molecule has 5 heteroatoms. The van der Waals surface area contributed by atoms with E-state index in [-0.39, 0.29) is 17.6 Å². The number of hydrogen-bond acceptors (Lipinski definition) is 3. The number of carboxylic acids is 1. The molecular weight excluding hydrogens is 354 g/mol. The number of ether oxygens (including phenoxy) is 1. The zero-order valence-electron chi connectivity index (χ0n) is 16.0. The van der Waals surface area contributed by atoms with Gasteiger partial charge in [0.25, 0.3) is 0 Å². The Hall–Kier alpha value is -2.66. The standard InChI is InChI=1S/C23H27NO4/c25-22(13-10-19-8-11-20(12-9-19)23(26)27)24-15-14-21(17-24)28-16-4-7-18-5-2-1-3-6-18/h1-3,5-6,8-9,11-12,21H,4,7,10,13-17H2,(H,26,27). The Balaban J connectivity index is 1.34. The summed E-state index contributed by atoms with van der Waals surface area (Å²) >= 11 is 0. The highest BCUT2D eigenvalue weighted by molar-refractivity contribution is 5.87. The van der Waals surface area contributed by atoms with Crippen molar-refractivity contribution in [2.24, 2.45) is 0 Å². The molecule has 28 heavy (non-hydrogen) atoms. The van der Waals surface area contributed by atoms with Gasteiger partial charge in [0.2, 0.25) is 5.91 Å². The first-order valence-electron chi connectivity index (χ1n) is 9.87. The minimum atomic E-state index is -0.936. The molecule has 1 heterocycles. The van der Waals surface area contributed by atoms with Crippen molar-refractivity contribution in [2.45, 2.75) is 38.2 Å². The third-order valence-corrected chi connectivity index (χ3v) is 5.13. The first kappa shape index (κ1) is 20.1. The molecule has 1 aliphatic rings. The van der Waals surface area contributed by atoms with Crippen LogP contribution in [0.25, 0.3) is 0 Å². The molecule has 2 aromatic carbocycles. The summed E-state index contributed by atoms with van der Waals surface area (Å²) in [5, 5.41) is 8.92. The monoisotopic (exact) mass is 381 g/mol. The third kappa shape index (κ3) is 5.92. The lowest BCUT2D eigenvalue weighted by atomic mass is 10.1. The fraction of sp³-hybridized carbons (Fsp3) is 0.391. The van der Waals surface area contributed by atoms with Gasteiger partial charge >= 0.3 is 5.97 Å². The minimum absolute atomic E-state index is 0.134. The molecule has 0 bridgehead atoms. The Morgan fingerprint density at radius 1 is 1.00 bits per heavy atom. The SMILES string of the molecule is O=C(O)c1ccc(CCC(=O)N2CCC(OCCCc3ccccc3)C2)cc1. The molecule has 2 aromatic rings. The van der Waals surface area contributed by atoms with Crippen LogP contribution < -0.4 is 0 Å². The highest BCUT2D eigenvalue weighted by Gasteiger charge is 2.26. The molecule has 148 valence electrons. The lowest BCUT2D eigenvalue weighted by Gasteiger charge is -2.17. The molecule has 0 saturated carbocycles. The van der Waals surface area contributed by atoms with Gasteiger partial charge in [0.05, 0.1) is 11.7 Å². The van der Waals surface area contributed by atoms with Gasteiger partial charge in [0, 0.05) is 26.1 Å². The van der Waals surface area contributed by atoms with E-state index in [9.17, 15) is 9.59 Å². The largest absolute Gasteiger partial charge is 0.478 e. The van der Waals surface area contributed by atoms with Gasteiger partial charge in [0.15, 0.2) is 0 Å². The number of aromatic carboxylic acids is 1. The van der Waals surface area contributed by atoms with Crippen molar-refractivity contribution in [3.8, 4) is 0 Å². The zero-order valence-corrected chi connectivity index (χ0v) is 16.0. The van der Waals surface area contributed by atoms with Crippen molar-refractivity contribution in [1.29, 1.82) is 0 Å². The van der Waals surface area contributed by atoms with Gasteiger partial charge in [-0.3, -0.25) is 4.79 Å². The Morgan fingerprint density at radius 2 is 1.71 bits per heavy atom. The molecule has 1 saturated heterocycles. The molecule has 1 amide bonds. The molecule has 1 atom stereocenters. The fourth-order valence-electron chi connectivity index (χ4n) is 3.49. The van der Waals surface area contributed by atoms with E-state index in [1.165, 1.54) is 5.56 Å². The number of rotatable bonds is 9. The van der Waals surface area contributed by atoms with Gasteiger partial charge in [0.1, 0.15) is 0 Å². The summed E-state index contributed by atoms with van der Waals surface area (Å²) in [6, 6.07) is 17.1. The number of likely N-dealkylation sites (tertiary alicyclic amines) is 1. The maximum Gasteiger partial charge on any atom is 0.335 e. The normalized spacial score (nSPS) is 16.3. The predicted octanol–water partition coefficient (Wildman–Crippen LogP) is 3.57. The van der Waals surface area contributed by atoms with Gasteiger partial charge in [-0.1, -0.05) is 42.5 Å². The molecule has 1 unspecified atom stereocenters. The summed E-state index contributed by atoms with van der Waals surface area (Å²) in [5.41, 5.74) is 2.57. The van der Waals surface area contributed by atoms with Crippen molar-refractivity contribution in [1.82, 2.24) is 4.90 Å². The summed E-state index contributed by atoms with van der Waals surface area (Å²) in [5.74, 6) is -0.799. The minimum Gasteiger partial charge on any atom is -0.478 e. The average molecular weight is 381 g/mol. The number of amides is 1. The number of carbonyl (C=O) groups is 2. The zero-order chi connectivity index (χ0) is 19.8. The predicted molar refractivity (Wildman–Crippen MR) is 107 cm³/mol. The highest BCUT2D eigenvalue weighted by atomic mass is 16.5. The molecule has 0 spiro atoms. The summed E-state index contributed by atoms with van der Waals surface area (Å²) < 4.78 is 5.95. The van der Waals surface area contributed by atoms with Crippen LogP contribution in [0.4, 0.5) is 0 Å². The van der Waals surface area contributed by atoms with Crippen LogP contribution in [0.15, 0.2) is 54.6 Å². The van der Waals surface area contributed by atoms with Gasteiger partial charge in [-0.2, -0.15) is 0 Å². The second kappa shape index (κ2) is 10.0. The lowest BCUT2D eigenvalue weighted by Crippen LogP contribution is -2.30. The Kier molecular flexibility index (Phi) is 7.20. The Bertz CT molecular complexity index is 773. The van der Waals surface area contributed by atoms with Crippen LogP contribution in [0.2, 0.25) is 0 Å². The number of carbonyl (C=O) groups excluding carboxylic acids is 1. The smallest absolute Gasteiger partial charge is 0.335 e. The summed E-state index contributed by atoms with van der Waals surface area (Å²) in [6.45, 7) is 2.14. The van der Waals surface area contributed by atoms with Crippen LogP contribution in [0.3, 0.4) is 0 Å². The maximum absolute atomic E-state index is 12.4. The number of carboxylic acid groups (broad SMARTS) is 1. The second-order valence-electron chi connectivity index (χ2n) is 7.21. The highest BCUT2D eigenvalue weighted by Crippen LogP contribution is 2.16. The topological polar surface area (TPSA) is 66.8 Å². The summed E-state index contributed by atoms with van der Waals surface area (Å²) in [4.78, 5) is 25.2. The maximum atomic E-state index is 12.4. The van der Waals surface area contributed by atoms with E-state index in [0.29, 0.717) is 19.4 Å². The first-order valence-corrected chi connectivity index (χ1v) is 9.87. The van der Waals surface area contributed by atoms with Crippen LogP contribution in [-0.2, 0) is 22.4 Å². The lowest BCUT2D eigenvalue weighted by molar-refractivity contribution is -0.130. The van der Waals surface area contributed by atoms with E-state index in [0.717, 1.165) is 38.0 Å². The van der Waals surface area contributed by atoms with Crippen LogP contribution in [0.5, 0.6) is 0 Å². The van der Waals surface area contributed by atoms with Gasteiger partial charge in [-0.15, -0.1) is 0 Å². The average Bonchev–Trinajstić information content (AvgIpc) is 3.19. The molecule has 1 N–H and O–H groups in total. The van der Waals surface area contributed by atoms with Crippen LogP contribution in [-0.4, -0.2) is 47.7 Å². The molecule has 1 fully saturated rings. The van der Waals surface area contributed by atoms with E-state index in [2.05, 4.69) is 24.3 Å². The Labute approximate surface area is 165 Å².